The van der Waals surface area contributed by atoms with Crippen molar-refractivity contribution < 1.29 is 4.79 Å². The summed E-state index contributed by atoms with van der Waals surface area (Å²) in [4.78, 5) is 12.9. The molecule has 1 N–H and O–H groups in total. The van der Waals surface area contributed by atoms with E-state index in [9.17, 15) is 4.79 Å². The van der Waals surface area contributed by atoms with Crippen molar-refractivity contribution in [3.05, 3.63) is 29.8 Å². The van der Waals surface area contributed by atoms with Gasteiger partial charge in [0, 0.05) is 16.5 Å². The highest BCUT2D eigenvalue weighted by Gasteiger charge is 2.05. The Bertz CT molecular complexity index is 319. The number of hydrogen-bond donors (Lipinski definition) is 1. The van der Waals surface area contributed by atoms with E-state index in [0.717, 1.165) is 5.56 Å². The van der Waals surface area contributed by atoms with Gasteiger partial charge < -0.3 is 5.32 Å². The van der Waals surface area contributed by atoms with E-state index in [4.69, 9.17) is 0 Å². The van der Waals surface area contributed by atoms with Crippen LogP contribution < -0.4 is 5.32 Å². The van der Waals surface area contributed by atoms with Crippen molar-refractivity contribution in [2.75, 3.05) is 12.8 Å². The molecule has 0 atom stereocenters. The Kier molecular flexibility index (Phi) is 4.85. The largest absolute Gasteiger partial charge is 0.307 e. The Balaban J connectivity index is 2.58. The molecule has 0 aromatic heterocycles. The molecular weight excluding hydrogens is 206 g/mol. The van der Waals surface area contributed by atoms with E-state index in [0.29, 0.717) is 12.6 Å². The molecule has 0 spiro atoms. The second kappa shape index (κ2) is 5.93. The molecule has 82 valence electrons. The quantitative estimate of drug-likeness (QED) is 0.614. The van der Waals surface area contributed by atoms with Crippen LogP contribution in [0.25, 0.3) is 0 Å². The van der Waals surface area contributed by atoms with Crippen molar-refractivity contribution in [2.45, 2.75) is 24.8 Å². The SMILES string of the molecule is CSc1ccc(C(=O)CNC(C)C)cc1. The van der Waals surface area contributed by atoms with Gasteiger partial charge in [0.2, 0.25) is 0 Å². The second-order valence-corrected chi connectivity index (χ2v) is 4.57. The predicted molar refractivity (Wildman–Crippen MR) is 65.7 cm³/mol. The van der Waals surface area contributed by atoms with Gasteiger partial charge in [0.1, 0.15) is 0 Å². The van der Waals surface area contributed by atoms with Gasteiger partial charge in [-0.3, -0.25) is 4.79 Å². The van der Waals surface area contributed by atoms with E-state index < -0.39 is 0 Å². The molecule has 15 heavy (non-hydrogen) atoms. The highest BCUT2D eigenvalue weighted by molar-refractivity contribution is 7.98. The highest BCUT2D eigenvalue weighted by atomic mass is 32.2. The zero-order chi connectivity index (χ0) is 11.3. The second-order valence-electron chi connectivity index (χ2n) is 3.69. The number of hydrogen-bond acceptors (Lipinski definition) is 3. The van der Waals surface area contributed by atoms with Crippen LogP contribution in [0.5, 0.6) is 0 Å². The van der Waals surface area contributed by atoms with Gasteiger partial charge in [0.15, 0.2) is 5.78 Å². The zero-order valence-electron chi connectivity index (χ0n) is 9.41. The molecule has 0 unspecified atom stereocenters. The Hall–Kier alpha value is -0.800. The first-order valence-electron chi connectivity index (χ1n) is 5.04. The lowest BCUT2D eigenvalue weighted by atomic mass is 10.1. The summed E-state index contributed by atoms with van der Waals surface area (Å²) < 4.78 is 0. The lowest BCUT2D eigenvalue weighted by molar-refractivity contribution is 0.0988. The molecule has 0 aliphatic heterocycles. The van der Waals surface area contributed by atoms with Crippen molar-refractivity contribution in [1.29, 1.82) is 0 Å². The van der Waals surface area contributed by atoms with Gasteiger partial charge in [0.25, 0.3) is 0 Å². The Morgan fingerprint density at radius 2 is 1.93 bits per heavy atom. The van der Waals surface area contributed by atoms with Gasteiger partial charge in [-0.25, -0.2) is 0 Å². The van der Waals surface area contributed by atoms with Crippen LogP contribution in [-0.4, -0.2) is 24.6 Å². The van der Waals surface area contributed by atoms with E-state index >= 15 is 0 Å². The fourth-order valence-corrected chi connectivity index (χ4v) is 1.58. The summed E-state index contributed by atoms with van der Waals surface area (Å²) in [6.45, 7) is 4.48. The normalized spacial score (nSPS) is 10.7. The minimum Gasteiger partial charge on any atom is -0.307 e. The van der Waals surface area contributed by atoms with Crippen molar-refractivity contribution in [1.82, 2.24) is 5.32 Å². The maximum absolute atomic E-state index is 11.7. The standard InChI is InChI=1S/C12H17NOS/c1-9(2)13-8-12(14)10-4-6-11(15-3)7-5-10/h4-7,9,13H,8H2,1-3H3. The molecule has 0 heterocycles. The lowest BCUT2D eigenvalue weighted by Crippen LogP contribution is -2.29. The van der Waals surface area contributed by atoms with E-state index in [-0.39, 0.29) is 5.78 Å². The number of carbonyl (C=O) groups excluding carboxylic acids is 1. The minimum atomic E-state index is 0.149. The van der Waals surface area contributed by atoms with Crippen molar-refractivity contribution in [2.24, 2.45) is 0 Å². The fraction of sp³-hybridized carbons (Fsp3) is 0.417. The van der Waals surface area contributed by atoms with Crippen LogP contribution in [0, 0.1) is 0 Å². The summed E-state index contributed by atoms with van der Waals surface area (Å²) in [7, 11) is 0. The van der Waals surface area contributed by atoms with E-state index in [1.807, 2.05) is 44.4 Å². The maximum atomic E-state index is 11.7. The summed E-state index contributed by atoms with van der Waals surface area (Å²) in [6.07, 6.45) is 2.02. The van der Waals surface area contributed by atoms with Crippen molar-refractivity contribution in [3.63, 3.8) is 0 Å². The molecular formula is C12H17NOS. The fourth-order valence-electron chi connectivity index (χ4n) is 1.18. The first kappa shape index (κ1) is 12.3. The number of nitrogens with one attached hydrogen (secondary N) is 1. The molecule has 1 aromatic rings. The molecule has 0 saturated heterocycles. The highest BCUT2D eigenvalue weighted by Crippen LogP contribution is 2.14. The van der Waals surface area contributed by atoms with Gasteiger partial charge in [-0.1, -0.05) is 26.0 Å². The third-order valence-electron chi connectivity index (χ3n) is 2.08. The first-order valence-corrected chi connectivity index (χ1v) is 6.26. The molecule has 1 aromatic carbocycles. The van der Waals surface area contributed by atoms with Gasteiger partial charge in [-0.15, -0.1) is 11.8 Å². The van der Waals surface area contributed by atoms with Crippen molar-refractivity contribution in [3.8, 4) is 0 Å². The minimum absolute atomic E-state index is 0.149. The van der Waals surface area contributed by atoms with Crippen LogP contribution in [0.4, 0.5) is 0 Å². The molecule has 0 radical (unpaired) electrons. The summed E-state index contributed by atoms with van der Waals surface area (Å²) in [5.74, 6) is 0.149. The van der Waals surface area contributed by atoms with E-state index in [1.165, 1.54) is 4.90 Å². The average Bonchev–Trinajstić information content (AvgIpc) is 2.26. The van der Waals surface area contributed by atoms with Crippen LogP contribution in [0.2, 0.25) is 0 Å². The molecule has 3 heteroatoms. The molecule has 0 aliphatic rings. The topological polar surface area (TPSA) is 29.1 Å². The summed E-state index contributed by atoms with van der Waals surface area (Å²) >= 11 is 1.68. The summed E-state index contributed by atoms with van der Waals surface area (Å²) in [6, 6.07) is 8.08. The third-order valence-corrected chi connectivity index (χ3v) is 2.83. The summed E-state index contributed by atoms with van der Waals surface area (Å²) in [5.41, 5.74) is 0.779. The number of carbonyl (C=O) groups is 1. The van der Waals surface area contributed by atoms with Gasteiger partial charge in [-0.2, -0.15) is 0 Å². The van der Waals surface area contributed by atoms with Crippen LogP contribution in [0.1, 0.15) is 24.2 Å². The third kappa shape index (κ3) is 4.06. The zero-order valence-corrected chi connectivity index (χ0v) is 10.2. The molecule has 0 saturated carbocycles. The lowest BCUT2D eigenvalue weighted by Gasteiger charge is -2.07. The Labute approximate surface area is 95.5 Å². The monoisotopic (exact) mass is 223 g/mol. The Morgan fingerprint density at radius 1 is 1.33 bits per heavy atom. The van der Waals surface area contributed by atoms with Gasteiger partial charge >= 0.3 is 0 Å². The van der Waals surface area contributed by atoms with Crippen LogP contribution >= 0.6 is 11.8 Å². The van der Waals surface area contributed by atoms with Crippen LogP contribution in [0.15, 0.2) is 29.2 Å². The van der Waals surface area contributed by atoms with Crippen molar-refractivity contribution >= 4 is 17.5 Å². The molecule has 2 nitrogen and oxygen atoms in total. The Morgan fingerprint density at radius 3 is 2.40 bits per heavy atom. The molecule has 0 aliphatic carbocycles. The first-order chi connectivity index (χ1) is 7.13. The average molecular weight is 223 g/mol. The number of Topliss-reactive ketones (excluding diaryl/α,β-unsaturated/α-hetero) is 1. The predicted octanol–water partition coefficient (Wildman–Crippen LogP) is 2.59. The molecule has 0 amide bonds. The van der Waals surface area contributed by atoms with Crippen LogP contribution in [0.3, 0.4) is 0 Å². The summed E-state index contributed by atoms with van der Waals surface area (Å²) in [5, 5.41) is 3.12. The number of benzene rings is 1. The molecule has 0 fully saturated rings. The number of thioether (sulfide) groups is 1. The number of rotatable bonds is 5. The van der Waals surface area contributed by atoms with E-state index in [1.54, 1.807) is 11.8 Å². The van der Waals surface area contributed by atoms with Gasteiger partial charge in [-0.05, 0) is 18.4 Å². The van der Waals surface area contributed by atoms with Gasteiger partial charge in [0.05, 0.1) is 6.54 Å². The number of ketones is 1. The molecule has 0 bridgehead atoms. The smallest absolute Gasteiger partial charge is 0.176 e. The maximum Gasteiger partial charge on any atom is 0.176 e. The van der Waals surface area contributed by atoms with Crippen LogP contribution in [-0.2, 0) is 0 Å². The molecule has 1 rings (SSSR count). The van der Waals surface area contributed by atoms with E-state index in [2.05, 4.69) is 5.32 Å².